The number of benzene rings is 1. The van der Waals surface area contributed by atoms with Gasteiger partial charge in [0.05, 0.1) is 6.61 Å². The van der Waals surface area contributed by atoms with Crippen molar-refractivity contribution in [2.75, 3.05) is 26.3 Å². The maximum Gasteiger partial charge on any atom is 0.260 e. The molecule has 0 aromatic heterocycles. The zero-order valence-corrected chi connectivity index (χ0v) is 12.0. The molecule has 0 aliphatic carbocycles. The predicted molar refractivity (Wildman–Crippen MR) is 78.4 cm³/mol. The van der Waals surface area contributed by atoms with E-state index in [1.54, 1.807) is 17.0 Å². The minimum Gasteiger partial charge on any atom is -0.484 e. The molecule has 0 saturated carbocycles. The summed E-state index contributed by atoms with van der Waals surface area (Å²) in [6.07, 6.45) is 1.94. The van der Waals surface area contributed by atoms with E-state index in [1.165, 1.54) is 0 Å². The van der Waals surface area contributed by atoms with Gasteiger partial charge in [-0.2, -0.15) is 0 Å². The molecular formula is C15H24N2O3. The third-order valence-electron chi connectivity index (χ3n) is 3.03. The third-order valence-corrected chi connectivity index (χ3v) is 3.03. The summed E-state index contributed by atoms with van der Waals surface area (Å²) < 4.78 is 5.46. The van der Waals surface area contributed by atoms with E-state index < -0.39 is 0 Å². The van der Waals surface area contributed by atoms with Gasteiger partial charge in [-0.05, 0) is 24.1 Å². The Hall–Kier alpha value is -1.59. The van der Waals surface area contributed by atoms with Gasteiger partial charge in [0.1, 0.15) is 5.75 Å². The van der Waals surface area contributed by atoms with Crippen molar-refractivity contribution < 1.29 is 14.6 Å². The highest BCUT2D eigenvalue weighted by atomic mass is 16.5. The maximum absolute atomic E-state index is 12.0. The minimum atomic E-state index is -0.101. The molecule has 0 saturated heterocycles. The predicted octanol–water partition coefficient (Wildman–Crippen LogP) is 1.15. The number of carbonyl (C=O) groups is 1. The van der Waals surface area contributed by atoms with Gasteiger partial charge in [-0.25, -0.2) is 0 Å². The summed E-state index contributed by atoms with van der Waals surface area (Å²) in [5.74, 6) is 0.547. The van der Waals surface area contributed by atoms with Crippen LogP contribution >= 0.6 is 0 Å². The molecule has 5 nitrogen and oxygen atoms in total. The SMILES string of the molecule is CCCCN(CCO)C(=O)COc1ccc(CN)cc1. The lowest BCUT2D eigenvalue weighted by Crippen LogP contribution is -2.37. The number of hydrogen-bond acceptors (Lipinski definition) is 4. The number of unbranched alkanes of at least 4 members (excludes halogenated alkanes) is 1. The van der Waals surface area contributed by atoms with Gasteiger partial charge in [0.15, 0.2) is 6.61 Å². The number of nitrogens with zero attached hydrogens (tertiary/aromatic N) is 1. The fourth-order valence-corrected chi connectivity index (χ4v) is 1.79. The van der Waals surface area contributed by atoms with Crippen molar-refractivity contribution in [3.05, 3.63) is 29.8 Å². The second-order valence-corrected chi connectivity index (χ2v) is 4.59. The highest BCUT2D eigenvalue weighted by molar-refractivity contribution is 5.77. The van der Waals surface area contributed by atoms with Crippen LogP contribution in [0.1, 0.15) is 25.3 Å². The Bertz CT molecular complexity index is 393. The summed E-state index contributed by atoms with van der Waals surface area (Å²) in [6.45, 7) is 3.53. The molecule has 0 atom stereocenters. The van der Waals surface area contributed by atoms with Crippen molar-refractivity contribution in [2.45, 2.75) is 26.3 Å². The average molecular weight is 280 g/mol. The Kier molecular flexibility index (Phi) is 7.69. The van der Waals surface area contributed by atoms with E-state index in [0.29, 0.717) is 25.4 Å². The Labute approximate surface area is 120 Å². The van der Waals surface area contributed by atoms with Gasteiger partial charge in [0.2, 0.25) is 0 Å². The zero-order chi connectivity index (χ0) is 14.8. The molecule has 1 rings (SSSR count). The number of amides is 1. The summed E-state index contributed by atoms with van der Waals surface area (Å²) in [5.41, 5.74) is 6.54. The average Bonchev–Trinajstić information content (AvgIpc) is 2.49. The lowest BCUT2D eigenvalue weighted by molar-refractivity contribution is -0.134. The first-order valence-electron chi connectivity index (χ1n) is 7.01. The molecule has 0 spiro atoms. The molecule has 1 amide bonds. The van der Waals surface area contributed by atoms with Crippen molar-refractivity contribution in [3.8, 4) is 5.75 Å². The molecule has 5 heteroatoms. The van der Waals surface area contributed by atoms with Crippen LogP contribution in [0.5, 0.6) is 5.75 Å². The number of aliphatic hydroxyl groups excluding tert-OH is 1. The standard InChI is InChI=1S/C15H24N2O3/c1-2-3-8-17(9-10-18)15(19)12-20-14-6-4-13(11-16)5-7-14/h4-7,18H,2-3,8-12,16H2,1H3. The Morgan fingerprint density at radius 2 is 2.00 bits per heavy atom. The molecule has 0 unspecified atom stereocenters. The summed E-state index contributed by atoms with van der Waals surface area (Å²) >= 11 is 0. The van der Waals surface area contributed by atoms with E-state index in [-0.39, 0.29) is 19.1 Å². The summed E-state index contributed by atoms with van der Waals surface area (Å²) in [7, 11) is 0. The van der Waals surface area contributed by atoms with Gasteiger partial charge in [-0.15, -0.1) is 0 Å². The summed E-state index contributed by atoms with van der Waals surface area (Å²) in [5, 5.41) is 8.98. The summed E-state index contributed by atoms with van der Waals surface area (Å²) in [4.78, 5) is 13.6. The minimum absolute atomic E-state index is 0.00825. The van der Waals surface area contributed by atoms with Crippen LogP contribution in [0.4, 0.5) is 0 Å². The largest absolute Gasteiger partial charge is 0.484 e. The molecular weight excluding hydrogens is 256 g/mol. The molecule has 0 radical (unpaired) electrons. The highest BCUT2D eigenvalue weighted by Gasteiger charge is 2.13. The number of aliphatic hydroxyl groups is 1. The van der Waals surface area contributed by atoms with Crippen molar-refractivity contribution in [2.24, 2.45) is 5.73 Å². The van der Waals surface area contributed by atoms with Gasteiger partial charge < -0.3 is 20.5 Å². The Morgan fingerprint density at radius 1 is 1.30 bits per heavy atom. The van der Waals surface area contributed by atoms with Crippen molar-refractivity contribution in [3.63, 3.8) is 0 Å². The van der Waals surface area contributed by atoms with Crippen LogP contribution in [0, 0.1) is 0 Å². The maximum atomic E-state index is 12.0. The lowest BCUT2D eigenvalue weighted by atomic mass is 10.2. The van der Waals surface area contributed by atoms with Crippen molar-refractivity contribution in [1.29, 1.82) is 0 Å². The molecule has 0 heterocycles. The molecule has 0 aliphatic rings. The van der Waals surface area contributed by atoms with Gasteiger partial charge in [0, 0.05) is 19.6 Å². The normalized spacial score (nSPS) is 10.3. The number of hydrogen-bond donors (Lipinski definition) is 2. The van der Waals surface area contributed by atoms with Crippen LogP contribution in [0.25, 0.3) is 0 Å². The molecule has 1 aromatic rings. The van der Waals surface area contributed by atoms with Gasteiger partial charge in [-0.1, -0.05) is 25.5 Å². The molecule has 3 N–H and O–H groups in total. The van der Waals surface area contributed by atoms with Crippen LogP contribution in [0.15, 0.2) is 24.3 Å². The zero-order valence-electron chi connectivity index (χ0n) is 12.0. The second kappa shape index (κ2) is 9.34. The molecule has 0 fully saturated rings. The van der Waals surface area contributed by atoms with E-state index in [9.17, 15) is 4.79 Å². The summed E-state index contributed by atoms with van der Waals surface area (Å²) in [6, 6.07) is 7.36. The quantitative estimate of drug-likeness (QED) is 0.711. The topological polar surface area (TPSA) is 75.8 Å². The van der Waals surface area contributed by atoms with E-state index >= 15 is 0 Å². The van der Waals surface area contributed by atoms with Crippen LogP contribution in [-0.4, -0.2) is 42.2 Å². The monoisotopic (exact) mass is 280 g/mol. The molecule has 0 aliphatic heterocycles. The number of rotatable bonds is 9. The fraction of sp³-hybridized carbons (Fsp3) is 0.533. The first-order valence-corrected chi connectivity index (χ1v) is 7.01. The smallest absolute Gasteiger partial charge is 0.260 e. The van der Waals surface area contributed by atoms with Crippen molar-refractivity contribution >= 4 is 5.91 Å². The number of ether oxygens (including phenoxy) is 1. The number of nitrogens with two attached hydrogens (primary N) is 1. The third kappa shape index (κ3) is 5.59. The molecule has 20 heavy (non-hydrogen) atoms. The van der Waals surface area contributed by atoms with Crippen LogP contribution in [0.2, 0.25) is 0 Å². The fourth-order valence-electron chi connectivity index (χ4n) is 1.79. The van der Waals surface area contributed by atoms with E-state index in [4.69, 9.17) is 15.6 Å². The molecule has 0 bridgehead atoms. The van der Waals surface area contributed by atoms with E-state index in [1.807, 2.05) is 12.1 Å². The second-order valence-electron chi connectivity index (χ2n) is 4.59. The van der Waals surface area contributed by atoms with Gasteiger partial charge in [0.25, 0.3) is 5.91 Å². The van der Waals surface area contributed by atoms with Gasteiger partial charge >= 0.3 is 0 Å². The van der Waals surface area contributed by atoms with E-state index in [0.717, 1.165) is 18.4 Å². The van der Waals surface area contributed by atoms with Gasteiger partial charge in [-0.3, -0.25) is 4.79 Å². The highest BCUT2D eigenvalue weighted by Crippen LogP contribution is 2.12. The molecule has 112 valence electrons. The Morgan fingerprint density at radius 3 is 2.55 bits per heavy atom. The lowest BCUT2D eigenvalue weighted by Gasteiger charge is -2.21. The van der Waals surface area contributed by atoms with Crippen molar-refractivity contribution in [1.82, 2.24) is 4.90 Å². The molecule has 1 aromatic carbocycles. The Balaban J connectivity index is 2.46. The van der Waals surface area contributed by atoms with E-state index in [2.05, 4.69) is 6.92 Å². The van der Waals surface area contributed by atoms with Crippen LogP contribution in [0.3, 0.4) is 0 Å². The van der Waals surface area contributed by atoms with Crippen LogP contribution < -0.4 is 10.5 Å². The van der Waals surface area contributed by atoms with Crippen LogP contribution in [-0.2, 0) is 11.3 Å². The number of carbonyl (C=O) groups excluding carboxylic acids is 1. The first-order chi connectivity index (χ1) is 9.71. The first kappa shape index (κ1) is 16.5.